The van der Waals surface area contributed by atoms with Crippen molar-refractivity contribution in [1.82, 2.24) is 25.0 Å². The van der Waals surface area contributed by atoms with Crippen molar-refractivity contribution in [2.24, 2.45) is 0 Å². The van der Waals surface area contributed by atoms with Gasteiger partial charge in [-0.3, -0.25) is 9.59 Å². The van der Waals surface area contributed by atoms with Crippen LogP contribution in [-0.4, -0.2) is 71.0 Å². The van der Waals surface area contributed by atoms with E-state index in [1.165, 1.54) is 22.3 Å². The normalized spacial score (nSPS) is 10.7. The van der Waals surface area contributed by atoms with Crippen molar-refractivity contribution >= 4 is 29.3 Å². The number of nitrogens with one attached hydrogen (secondary N) is 1. The zero-order valence-electron chi connectivity index (χ0n) is 17.8. The summed E-state index contributed by atoms with van der Waals surface area (Å²) >= 11 is 1.33. The third-order valence-corrected chi connectivity index (χ3v) is 5.65. The third kappa shape index (κ3) is 5.72. The summed E-state index contributed by atoms with van der Waals surface area (Å²) in [7, 11) is 3.17. The Labute approximate surface area is 176 Å². The first kappa shape index (κ1) is 22.7. The average Bonchev–Trinajstić information content (AvgIpc) is 3.16. The lowest BCUT2D eigenvalue weighted by molar-refractivity contribution is -0.132. The Bertz CT molecular complexity index is 817. The molecule has 1 N–H and O–H groups in total. The van der Waals surface area contributed by atoms with Crippen LogP contribution in [-0.2, 0) is 16.1 Å². The molecule has 1 aromatic heterocycles. The lowest BCUT2D eigenvalue weighted by Crippen LogP contribution is -2.37. The van der Waals surface area contributed by atoms with Crippen molar-refractivity contribution in [3.8, 4) is 11.4 Å². The van der Waals surface area contributed by atoms with Crippen molar-refractivity contribution in [2.75, 3.05) is 44.4 Å². The van der Waals surface area contributed by atoms with Crippen LogP contribution in [0.4, 0.5) is 5.69 Å². The topological polar surface area (TPSA) is 83.4 Å². The number of anilines is 1. The maximum atomic E-state index is 12.3. The van der Waals surface area contributed by atoms with E-state index in [0.29, 0.717) is 11.7 Å². The van der Waals surface area contributed by atoms with Gasteiger partial charge in [0, 0.05) is 45.0 Å². The molecule has 0 radical (unpaired) electrons. The summed E-state index contributed by atoms with van der Waals surface area (Å²) in [5.41, 5.74) is 2.17. The molecule has 0 aliphatic carbocycles. The molecule has 29 heavy (non-hydrogen) atoms. The molecule has 2 amide bonds. The zero-order chi connectivity index (χ0) is 21.4. The van der Waals surface area contributed by atoms with E-state index in [1.807, 2.05) is 11.5 Å². The van der Waals surface area contributed by atoms with E-state index >= 15 is 0 Å². The molecule has 0 aliphatic heterocycles. The molecular weight excluding hydrogens is 388 g/mol. The maximum absolute atomic E-state index is 12.3. The fraction of sp³-hybridized carbons (Fsp3) is 0.500. The number of thioether (sulfide) groups is 1. The summed E-state index contributed by atoms with van der Waals surface area (Å²) < 4.78 is 2.00. The average molecular weight is 419 g/mol. The first-order valence-corrected chi connectivity index (χ1v) is 10.8. The van der Waals surface area contributed by atoms with Gasteiger partial charge >= 0.3 is 0 Å². The lowest BCUT2D eigenvalue weighted by atomic mass is 10.2. The minimum absolute atomic E-state index is 0.0422. The smallest absolute Gasteiger partial charge is 0.239 e. The summed E-state index contributed by atoms with van der Waals surface area (Å²) in [5, 5.41) is 11.8. The molecule has 0 aliphatic rings. The van der Waals surface area contributed by atoms with Gasteiger partial charge in [0.25, 0.3) is 0 Å². The molecule has 0 saturated carbocycles. The molecule has 158 valence electrons. The number of hydrogen-bond acceptors (Lipinski definition) is 6. The third-order valence-electron chi connectivity index (χ3n) is 4.70. The zero-order valence-corrected chi connectivity index (χ0v) is 18.6. The highest BCUT2D eigenvalue weighted by molar-refractivity contribution is 7.99. The molecule has 0 bridgehead atoms. The van der Waals surface area contributed by atoms with E-state index in [4.69, 9.17) is 0 Å². The second-order valence-electron chi connectivity index (χ2n) is 6.48. The molecule has 0 unspecified atom stereocenters. The van der Waals surface area contributed by atoms with Crippen LogP contribution < -0.4 is 10.2 Å². The Morgan fingerprint density at radius 3 is 2.31 bits per heavy atom. The predicted molar refractivity (Wildman–Crippen MR) is 117 cm³/mol. The van der Waals surface area contributed by atoms with Gasteiger partial charge in [-0.2, -0.15) is 0 Å². The van der Waals surface area contributed by atoms with Gasteiger partial charge in [0.2, 0.25) is 11.8 Å². The van der Waals surface area contributed by atoms with Gasteiger partial charge in [0.15, 0.2) is 11.0 Å². The van der Waals surface area contributed by atoms with Gasteiger partial charge in [-0.05, 0) is 45.0 Å². The van der Waals surface area contributed by atoms with Crippen LogP contribution in [0.5, 0.6) is 0 Å². The van der Waals surface area contributed by atoms with Crippen LogP contribution >= 0.6 is 11.8 Å². The molecule has 1 heterocycles. The van der Waals surface area contributed by atoms with E-state index < -0.39 is 0 Å². The van der Waals surface area contributed by atoms with Crippen LogP contribution in [0.15, 0.2) is 29.4 Å². The van der Waals surface area contributed by atoms with Crippen molar-refractivity contribution in [2.45, 2.75) is 32.5 Å². The van der Waals surface area contributed by atoms with Gasteiger partial charge in [0.05, 0.1) is 12.3 Å². The van der Waals surface area contributed by atoms with Crippen molar-refractivity contribution in [3.05, 3.63) is 24.3 Å². The molecule has 0 spiro atoms. The summed E-state index contributed by atoms with van der Waals surface area (Å²) in [5.74, 6) is 0.659. The van der Waals surface area contributed by atoms with Crippen molar-refractivity contribution in [3.63, 3.8) is 0 Å². The van der Waals surface area contributed by atoms with Crippen LogP contribution in [0.25, 0.3) is 11.4 Å². The fourth-order valence-electron chi connectivity index (χ4n) is 2.92. The van der Waals surface area contributed by atoms with Crippen LogP contribution in [0, 0.1) is 0 Å². The molecule has 2 aromatic rings. The number of benzene rings is 1. The predicted octanol–water partition coefficient (Wildman–Crippen LogP) is 2.11. The molecule has 8 nitrogen and oxygen atoms in total. The molecule has 0 saturated heterocycles. The monoisotopic (exact) mass is 418 g/mol. The Kier molecular flexibility index (Phi) is 8.50. The molecular formula is C20H30N6O2S. The Balaban J connectivity index is 2.10. The molecule has 0 atom stereocenters. The number of aromatic nitrogens is 3. The number of amides is 2. The number of carbonyl (C=O) groups is 2. The van der Waals surface area contributed by atoms with E-state index in [1.54, 1.807) is 14.1 Å². The quantitative estimate of drug-likeness (QED) is 0.595. The van der Waals surface area contributed by atoms with E-state index in [-0.39, 0.29) is 24.1 Å². The first-order chi connectivity index (χ1) is 13.9. The summed E-state index contributed by atoms with van der Waals surface area (Å²) in [6.07, 6.45) is 0. The highest BCUT2D eigenvalue weighted by Gasteiger charge is 2.17. The van der Waals surface area contributed by atoms with E-state index in [9.17, 15) is 9.59 Å². The maximum Gasteiger partial charge on any atom is 0.239 e. The van der Waals surface area contributed by atoms with Crippen molar-refractivity contribution < 1.29 is 9.59 Å². The lowest BCUT2D eigenvalue weighted by Gasteiger charge is -2.21. The van der Waals surface area contributed by atoms with Crippen molar-refractivity contribution in [1.29, 1.82) is 0 Å². The Morgan fingerprint density at radius 1 is 1.10 bits per heavy atom. The highest BCUT2D eigenvalue weighted by Crippen LogP contribution is 2.26. The second-order valence-corrected chi connectivity index (χ2v) is 7.42. The SMILES string of the molecule is CCN(CC)c1ccc(-c2nnc(SCC(=O)N(C)CC(=O)NC)n2CC)cc1. The largest absolute Gasteiger partial charge is 0.372 e. The number of rotatable bonds is 10. The van der Waals surface area contributed by atoms with Gasteiger partial charge < -0.3 is 19.7 Å². The molecule has 0 fully saturated rings. The number of carbonyl (C=O) groups excluding carboxylic acids is 2. The molecule has 2 rings (SSSR count). The van der Waals surface area contributed by atoms with Gasteiger partial charge in [-0.25, -0.2) is 0 Å². The molecule has 1 aromatic carbocycles. The van der Waals surface area contributed by atoms with E-state index in [0.717, 1.165) is 24.5 Å². The number of likely N-dealkylation sites (N-methyl/N-ethyl adjacent to an activating group) is 2. The second kappa shape index (κ2) is 10.8. The summed E-state index contributed by atoms with van der Waals surface area (Å²) in [6.45, 7) is 8.98. The van der Waals surface area contributed by atoms with Crippen LogP contribution in [0.3, 0.4) is 0 Å². The minimum atomic E-state index is -0.196. The molecule has 9 heteroatoms. The van der Waals surface area contributed by atoms with Crippen LogP contribution in [0.1, 0.15) is 20.8 Å². The summed E-state index contributed by atoms with van der Waals surface area (Å²) in [4.78, 5) is 27.4. The van der Waals surface area contributed by atoms with Gasteiger partial charge in [-0.15, -0.1) is 10.2 Å². The minimum Gasteiger partial charge on any atom is -0.372 e. The highest BCUT2D eigenvalue weighted by atomic mass is 32.2. The number of nitrogens with zero attached hydrogens (tertiary/aromatic N) is 5. The van der Waals surface area contributed by atoms with Gasteiger partial charge in [-0.1, -0.05) is 11.8 Å². The number of hydrogen-bond donors (Lipinski definition) is 1. The Morgan fingerprint density at radius 2 is 1.76 bits per heavy atom. The fourth-order valence-corrected chi connectivity index (χ4v) is 3.87. The van der Waals surface area contributed by atoms with Gasteiger partial charge in [0.1, 0.15) is 0 Å². The summed E-state index contributed by atoms with van der Waals surface area (Å²) in [6, 6.07) is 8.31. The Hall–Kier alpha value is -2.55. The van der Waals surface area contributed by atoms with Crippen LogP contribution in [0.2, 0.25) is 0 Å². The first-order valence-electron chi connectivity index (χ1n) is 9.80. The van der Waals surface area contributed by atoms with E-state index in [2.05, 4.69) is 58.5 Å². The standard InChI is InChI=1S/C20H30N6O2S/c1-6-25(7-2)16-11-9-15(10-12-16)19-22-23-20(26(19)8-3)29-14-18(28)24(5)13-17(27)21-4/h9-12H,6-8,13-14H2,1-5H3,(H,21,27).